The van der Waals surface area contributed by atoms with E-state index in [0.29, 0.717) is 30.8 Å². The topological polar surface area (TPSA) is 70.8 Å². The van der Waals surface area contributed by atoms with Crippen molar-refractivity contribution in [2.75, 3.05) is 23.1 Å². The summed E-state index contributed by atoms with van der Waals surface area (Å²) in [6.07, 6.45) is 5.43. The molecule has 2 fully saturated rings. The molecule has 29 heavy (non-hydrogen) atoms. The molecule has 6 nitrogen and oxygen atoms in total. The molecule has 1 amide bonds. The molecule has 0 radical (unpaired) electrons. The monoisotopic (exact) mass is 416 g/mol. The van der Waals surface area contributed by atoms with Crippen LogP contribution in [0.5, 0.6) is 0 Å². The minimum atomic E-state index is -3.27. The highest BCUT2D eigenvalue weighted by molar-refractivity contribution is 7.93. The number of rotatable bonds is 4. The molecule has 0 bridgehead atoms. The number of carbonyl (C=O) groups is 1. The predicted octanol–water partition coefficient (Wildman–Crippen LogP) is 4.14. The molecule has 0 aliphatic carbocycles. The molecule has 1 unspecified atom stereocenters. The van der Waals surface area contributed by atoms with E-state index >= 15 is 0 Å². The van der Waals surface area contributed by atoms with Gasteiger partial charge in [0.25, 0.3) is 5.91 Å². The second-order valence-electron chi connectivity index (χ2n) is 7.81. The zero-order valence-corrected chi connectivity index (χ0v) is 17.7. The van der Waals surface area contributed by atoms with Crippen LogP contribution in [0.25, 0.3) is 0 Å². The summed E-state index contributed by atoms with van der Waals surface area (Å²) in [4.78, 5) is 15.4. The van der Waals surface area contributed by atoms with Crippen LogP contribution in [0.1, 0.15) is 66.9 Å². The van der Waals surface area contributed by atoms with Crippen molar-refractivity contribution in [3.8, 4) is 0 Å². The molecule has 0 saturated carbocycles. The van der Waals surface area contributed by atoms with Crippen molar-refractivity contribution in [1.82, 2.24) is 4.90 Å². The normalized spacial score (nSPS) is 21.9. The van der Waals surface area contributed by atoms with Crippen LogP contribution in [-0.2, 0) is 16.4 Å². The van der Waals surface area contributed by atoms with Crippen LogP contribution in [0, 0.1) is 0 Å². The highest BCUT2D eigenvalue weighted by Gasteiger charge is 2.32. The largest absolute Gasteiger partial charge is 0.464 e. The number of amides is 1. The highest BCUT2D eigenvalue weighted by Crippen LogP contribution is 2.33. The standard InChI is InChI=1S/C22H28N2O4S/c1-2-19-11-12-21(28-19)20-10-4-3-5-13-23(20)22(25)17-8-6-9-18(16-17)24-14-7-15-29(24,26)27/h6,8-9,11-12,16,20H,2-5,7,10,13-15H2,1H3. The number of anilines is 1. The number of nitrogens with zero attached hydrogens (tertiary/aromatic N) is 2. The summed E-state index contributed by atoms with van der Waals surface area (Å²) in [5, 5.41) is 0. The quantitative estimate of drug-likeness (QED) is 0.751. The maximum Gasteiger partial charge on any atom is 0.254 e. The lowest BCUT2D eigenvalue weighted by Crippen LogP contribution is -2.35. The van der Waals surface area contributed by atoms with E-state index in [1.165, 1.54) is 4.31 Å². The van der Waals surface area contributed by atoms with Gasteiger partial charge in [-0.3, -0.25) is 9.10 Å². The van der Waals surface area contributed by atoms with Gasteiger partial charge < -0.3 is 9.32 Å². The third-order valence-electron chi connectivity index (χ3n) is 5.85. The summed E-state index contributed by atoms with van der Waals surface area (Å²) in [5.74, 6) is 1.87. The maximum atomic E-state index is 13.5. The molecule has 4 rings (SSSR count). The Morgan fingerprint density at radius 3 is 2.69 bits per heavy atom. The Morgan fingerprint density at radius 2 is 1.97 bits per heavy atom. The number of hydrogen-bond acceptors (Lipinski definition) is 4. The van der Waals surface area contributed by atoms with Gasteiger partial charge in [0, 0.05) is 25.1 Å². The third-order valence-corrected chi connectivity index (χ3v) is 7.72. The van der Waals surface area contributed by atoms with Crippen LogP contribution in [0.4, 0.5) is 5.69 Å². The minimum absolute atomic E-state index is 0.0650. The van der Waals surface area contributed by atoms with Crippen LogP contribution in [-0.4, -0.2) is 38.1 Å². The number of benzene rings is 1. The Morgan fingerprint density at radius 1 is 1.10 bits per heavy atom. The Labute approximate surface area is 172 Å². The third kappa shape index (κ3) is 4.06. The fourth-order valence-electron chi connectivity index (χ4n) is 4.30. The molecule has 1 aromatic carbocycles. The van der Waals surface area contributed by atoms with Crippen LogP contribution in [0.3, 0.4) is 0 Å². The van der Waals surface area contributed by atoms with Crippen molar-refractivity contribution in [2.24, 2.45) is 0 Å². The molecule has 0 spiro atoms. The Kier molecular flexibility index (Phi) is 5.67. The first-order chi connectivity index (χ1) is 14.0. The number of furan rings is 1. The first-order valence-corrected chi connectivity index (χ1v) is 12.1. The number of likely N-dealkylation sites (tertiary alicyclic amines) is 1. The predicted molar refractivity (Wildman–Crippen MR) is 113 cm³/mol. The van der Waals surface area contributed by atoms with Gasteiger partial charge in [-0.15, -0.1) is 0 Å². The van der Waals surface area contributed by atoms with Crippen molar-refractivity contribution >= 4 is 21.6 Å². The van der Waals surface area contributed by atoms with Gasteiger partial charge in [-0.25, -0.2) is 8.42 Å². The Bertz CT molecular complexity index is 982. The Hall–Kier alpha value is -2.28. The lowest BCUT2D eigenvalue weighted by Gasteiger charge is -2.29. The van der Waals surface area contributed by atoms with Crippen LogP contribution < -0.4 is 4.31 Å². The minimum Gasteiger partial charge on any atom is -0.464 e. The number of hydrogen-bond donors (Lipinski definition) is 0. The van der Waals surface area contributed by atoms with Crippen molar-refractivity contribution in [1.29, 1.82) is 0 Å². The maximum absolute atomic E-state index is 13.5. The summed E-state index contributed by atoms with van der Waals surface area (Å²) in [6.45, 7) is 3.20. The van der Waals surface area contributed by atoms with E-state index in [-0.39, 0.29) is 17.7 Å². The van der Waals surface area contributed by atoms with Gasteiger partial charge in [0.2, 0.25) is 10.0 Å². The molecule has 0 N–H and O–H groups in total. The van der Waals surface area contributed by atoms with Crippen molar-refractivity contribution in [3.63, 3.8) is 0 Å². The van der Waals surface area contributed by atoms with Gasteiger partial charge in [-0.2, -0.15) is 0 Å². The van der Waals surface area contributed by atoms with Gasteiger partial charge >= 0.3 is 0 Å². The Balaban J connectivity index is 1.63. The summed E-state index contributed by atoms with van der Waals surface area (Å²) in [5.41, 5.74) is 1.10. The molecule has 156 valence electrons. The van der Waals surface area contributed by atoms with Crippen molar-refractivity contribution in [3.05, 3.63) is 53.5 Å². The second-order valence-corrected chi connectivity index (χ2v) is 9.83. The van der Waals surface area contributed by atoms with E-state index in [1.807, 2.05) is 17.0 Å². The van der Waals surface area contributed by atoms with Gasteiger partial charge in [-0.1, -0.05) is 25.8 Å². The molecule has 2 aliphatic heterocycles. The molecule has 2 saturated heterocycles. The first-order valence-electron chi connectivity index (χ1n) is 10.5. The zero-order chi connectivity index (χ0) is 20.4. The van der Waals surface area contributed by atoms with E-state index in [1.54, 1.807) is 24.3 Å². The van der Waals surface area contributed by atoms with Gasteiger partial charge in [0.05, 0.1) is 17.5 Å². The van der Waals surface area contributed by atoms with Gasteiger partial charge in [0.1, 0.15) is 11.5 Å². The van der Waals surface area contributed by atoms with E-state index in [4.69, 9.17) is 4.42 Å². The van der Waals surface area contributed by atoms with E-state index in [9.17, 15) is 13.2 Å². The summed E-state index contributed by atoms with van der Waals surface area (Å²) >= 11 is 0. The van der Waals surface area contributed by atoms with Gasteiger partial charge in [-0.05, 0) is 49.6 Å². The molecular formula is C22H28N2O4S. The molecule has 1 aromatic heterocycles. The smallest absolute Gasteiger partial charge is 0.254 e. The lowest BCUT2D eigenvalue weighted by molar-refractivity contribution is 0.0657. The van der Waals surface area contributed by atoms with Gasteiger partial charge in [0.15, 0.2) is 0 Å². The average molecular weight is 417 g/mol. The van der Waals surface area contributed by atoms with Crippen molar-refractivity contribution < 1.29 is 17.6 Å². The van der Waals surface area contributed by atoms with E-state index < -0.39 is 10.0 Å². The summed E-state index contributed by atoms with van der Waals surface area (Å²) in [7, 11) is -3.27. The fraction of sp³-hybridized carbons (Fsp3) is 0.500. The van der Waals surface area contributed by atoms with Crippen LogP contribution in [0.2, 0.25) is 0 Å². The number of aryl methyl sites for hydroxylation is 1. The highest BCUT2D eigenvalue weighted by atomic mass is 32.2. The molecular weight excluding hydrogens is 388 g/mol. The molecule has 7 heteroatoms. The SMILES string of the molecule is CCc1ccc(C2CCCCCN2C(=O)c2cccc(N3CCCS3(=O)=O)c2)o1. The number of carbonyl (C=O) groups excluding carboxylic acids is 1. The summed E-state index contributed by atoms with van der Waals surface area (Å²) < 4.78 is 32.0. The van der Waals surface area contributed by atoms with E-state index in [2.05, 4.69) is 6.92 Å². The van der Waals surface area contributed by atoms with Crippen LogP contribution in [0.15, 0.2) is 40.8 Å². The van der Waals surface area contributed by atoms with E-state index in [0.717, 1.165) is 43.6 Å². The molecule has 2 aromatic rings. The summed E-state index contributed by atoms with van der Waals surface area (Å²) in [6, 6.07) is 10.9. The first kappa shape index (κ1) is 20.0. The van der Waals surface area contributed by atoms with Crippen molar-refractivity contribution in [2.45, 2.75) is 51.5 Å². The fourth-order valence-corrected chi connectivity index (χ4v) is 5.86. The number of sulfonamides is 1. The zero-order valence-electron chi connectivity index (χ0n) is 16.8. The molecule has 2 aliphatic rings. The second kappa shape index (κ2) is 8.22. The lowest BCUT2D eigenvalue weighted by atomic mass is 10.1. The van der Waals surface area contributed by atoms with Crippen LogP contribution >= 0.6 is 0 Å². The molecule has 3 heterocycles. The molecule has 1 atom stereocenters. The average Bonchev–Trinajstić information content (AvgIpc) is 3.26.